The van der Waals surface area contributed by atoms with E-state index in [0.717, 1.165) is 5.56 Å². The van der Waals surface area contributed by atoms with Gasteiger partial charge in [-0.05, 0) is 33.2 Å². The monoisotopic (exact) mass is 396 g/mol. The molecule has 2 N–H and O–H groups in total. The number of rotatable bonds is 6. The van der Waals surface area contributed by atoms with E-state index in [1.807, 2.05) is 38.3 Å². The number of hydrogen-bond acceptors (Lipinski definition) is 6. The van der Waals surface area contributed by atoms with Crippen molar-refractivity contribution in [3.63, 3.8) is 0 Å². The van der Waals surface area contributed by atoms with Gasteiger partial charge in [0.2, 0.25) is 0 Å². The lowest BCUT2D eigenvalue weighted by Gasteiger charge is -2.23. The third-order valence-electron chi connectivity index (χ3n) is 4.33. The Kier molecular flexibility index (Phi) is 6.03. The van der Waals surface area contributed by atoms with E-state index < -0.39 is 11.8 Å². The number of aryl methyl sites for hydroxylation is 2. The maximum absolute atomic E-state index is 12.4. The zero-order valence-corrected chi connectivity index (χ0v) is 16.8. The molecule has 152 valence electrons. The number of carbonyl (C=O) groups excluding carboxylic acids is 2. The smallest absolute Gasteiger partial charge is 0.314 e. The number of hydrogen-bond donors (Lipinski definition) is 2. The molecule has 0 radical (unpaired) electrons. The van der Waals surface area contributed by atoms with Crippen LogP contribution in [0.2, 0.25) is 0 Å². The summed E-state index contributed by atoms with van der Waals surface area (Å²) in [4.78, 5) is 30.9. The molecule has 10 heteroatoms. The summed E-state index contributed by atoms with van der Waals surface area (Å²) < 4.78 is 3.18. The van der Waals surface area contributed by atoms with E-state index in [-0.39, 0.29) is 12.6 Å². The van der Waals surface area contributed by atoms with Crippen molar-refractivity contribution in [1.29, 1.82) is 0 Å². The summed E-state index contributed by atoms with van der Waals surface area (Å²) >= 11 is 0. The minimum Gasteiger partial charge on any atom is -0.346 e. The summed E-state index contributed by atoms with van der Waals surface area (Å²) in [6.07, 6.45) is 5.25. The fourth-order valence-electron chi connectivity index (χ4n) is 2.90. The summed E-state index contributed by atoms with van der Waals surface area (Å²) in [7, 11) is 5.63. The standard InChI is InChI=1S/C19H24N8O2/c1-13-9-17(27(24-13)16-7-5-6-8-20-16)23-19(29)18(28)21-11-15(25(2)3)14-10-22-26(4)12-14/h5-10,12,15H,11H2,1-4H3,(H,21,28)(H,23,29)/t15-/m1/s1. The Morgan fingerprint density at radius 1 is 1.24 bits per heavy atom. The van der Waals surface area contributed by atoms with Crippen molar-refractivity contribution >= 4 is 17.6 Å². The largest absolute Gasteiger partial charge is 0.346 e. The Morgan fingerprint density at radius 2 is 2.03 bits per heavy atom. The number of amides is 2. The van der Waals surface area contributed by atoms with Crippen molar-refractivity contribution in [3.8, 4) is 5.82 Å². The minimum absolute atomic E-state index is 0.109. The number of anilines is 1. The second-order valence-electron chi connectivity index (χ2n) is 6.86. The molecule has 3 aromatic heterocycles. The zero-order chi connectivity index (χ0) is 21.0. The molecule has 0 saturated heterocycles. The second kappa shape index (κ2) is 8.65. The van der Waals surface area contributed by atoms with Gasteiger partial charge in [0.05, 0.1) is 17.9 Å². The normalized spacial score (nSPS) is 12.0. The molecular formula is C19H24N8O2. The Bertz CT molecular complexity index is 993. The predicted octanol–water partition coefficient (Wildman–Crippen LogP) is 0.667. The molecule has 3 aromatic rings. The zero-order valence-electron chi connectivity index (χ0n) is 16.8. The van der Waals surface area contributed by atoms with E-state index in [9.17, 15) is 9.59 Å². The van der Waals surface area contributed by atoms with Gasteiger partial charge in [-0.1, -0.05) is 6.07 Å². The van der Waals surface area contributed by atoms with E-state index in [0.29, 0.717) is 17.3 Å². The van der Waals surface area contributed by atoms with Gasteiger partial charge in [0.1, 0.15) is 5.82 Å². The molecule has 3 heterocycles. The first kappa shape index (κ1) is 20.2. The van der Waals surface area contributed by atoms with Crippen LogP contribution in [-0.2, 0) is 16.6 Å². The molecule has 1 atom stereocenters. The van der Waals surface area contributed by atoms with Gasteiger partial charge < -0.3 is 15.5 Å². The molecule has 0 aromatic carbocycles. The highest BCUT2D eigenvalue weighted by Crippen LogP contribution is 2.17. The highest BCUT2D eigenvalue weighted by Gasteiger charge is 2.21. The molecule has 0 saturated carbocycles. The summed E-state index contributed by atoms with van der Waals surface area (Å²) in [5, 5.41) is 13.8. The van der Waals surface area contributed by atoms with Crippen molar-refractivity contribution in [1.82, 2.24) is 34.8 Å². The third-order valence-corrected chi connectivity index (χ3v) is 4.33. The second-order valence-corrected chi connectivity index (χ2v) is 6.86. The van der Waals surface area contributed by atoms with Crippen molar-refractivity contribution in [2.45, 2.75) is 13.0 Å². The quantitative estimate of drug-likeness (QED) is 0.593. The number of carbonyl (C=O) groups is 2. The van der Waals surface area contributed by atoms with Gasteiger partial charge in [0.25, 0.3) is 0 Å². The van der Waals surface area contributed by atoms with E-state index >= 15 is 0 Å². The van der Waals surface area contributed by atoms with Crippen LogP contribution in [0.3, 0.4) is 0 Å². The van der Waals surface area contributed by atoms with Crippen molar-refractivity contribution in [3.05, 3.63) is 54.1 Å². The number of aromatic nitrogens is 5. The topological polar surface area (TPSA) is 110 Å². The van der Waals surface area contributed by atoms with Crippen LogP contribution in [0, 0.1) is 6.92 Å². The average molecular weight is 396 g/mol. The van der Waals surface area contributed by atoms with Crippen LogP contribution in [0.25, 0.3) is 5.82 Å². The fourth-order valence-corrected chi connectivity index (χ4v) is 2.90. The van der Waals surface area contributed by atoms with Crippen molar-refractivity contribution in [2.24, 2.45) is 7.05 Å². The number of likely N-dealkylation sites (N-methyl/N-ethyl adjacent to an activating group) is 1. The maximum atomic E-state index is 12.4. The van der Waals surface area contributed by atoms with Crippen LogP contribution in [0.4, 0.5) is 5.82 Å². The number of nitrogens with zero attached hydrogens (tertiary/aromatic N) is 6. The molecule has 10 nitrogen and oxygen atoms in total. The molecular weight excluding hydrogens is 372 g/mol. The van der Waals surface area contributed by atoms with E-state index in [1.54, 1.807) is 42.2 Å². The maximum Gasteiger partial charge on any atom is 0.314 e. The van der Waals surface area contributed by atoms with Gasteiger partial charge in [0.15, 0.2) is 5.82 Å². The molecule has 0 spiro atoms. The summed E-state index contributed by atoms with van der Waals surface area (Å²) in [6.45, 7) is 2.06. The first-order valence-electron chi connectivity index (χ1n) is 9.07. The lowest BCUT2D eigenvalue weighted by Crippen LogP contribution is -2.40. The van der Waals surface area contributed by atoms with Crippen LogP contribution in [-0.4, -0.2) is 61.9 Å². The molecule has 29 heavy (non-hydrogen) atoms. The molecule has 0 bridgehead atoms. The van der Waals surface area contributed by atoms with Gasteiger partial charge in [-0.15, -0.1) is 0 Å². The lowest BCUT2D eigenvalue weighted by molar-refractivity contribution is -0.136. The molecule has 2 amide bonds. The van der Waals surface area contributed by atoms with Crippen molar-refractivity contribution in [2.75, 3.05) is 26.0 Å². The van der Waals surface area contributed by atoms with Gasteiger partial charge >= 0.3 is 11.8 Å². The molecule has 0 aliphatic rings. The fraction of sp³-hybridized carbons (Fsp3) is 0.316. The SMILES string of the molecule is Cc1cc(NC(=O)C(=O)NC[C@H](c2cnn(C)c2)N(C)C)n(-c2ccccn2)n1. The molecule has 0 unspecified atom stereocenters. The summed E-state index contributed by atoms with van der Waals surface area (Å²) in [6, 6.07) is 6.93. The van der Waals surface area contributed by atoms with Crippen LogP contribution in [0.5, 0.6) is 0 Å². The van der Waals surface area contributed by atoms with Crippen LogP contribution in [0.1, 0.15) is 17.3 Å². The summed E-state index contributed by atoms with van der Waals surface area (Å²) in [5.41, 5.74) is 1.64. The van der Waals surface area contributed by atoms with Gasteiger partial charge in [-0.2, -0.15) is 14.9 Å². The van der Waals surface area contributed by atoms with Gasteiger partial charge in [-0.25, -0.2) is 4.98 Å². The van der Waals surface area contributed by atoms with E-state index in [4.69, 9.17) is 0 Å². The minimum atomic E-state index is -0.772. The van der Waals surface area contributed by atoms with Crippen LogP contribution in [0.15, 0.2) is 42.9 Å². The molecule has 0 fully saturated rings. The first-order chi connectivity index (χ1) is 13.8. The first-order valence-corrected chi connectivity index (χ1v) is 9.07. The highest BCUT2D eigenvalue weighted by molar-refractivity contribution is 6.39. The summed E-state index contributed by atoms with van der Waals surface area (Å²) in [5.74, 6) is -0.587. The average Bonchev–Trinajstić information content (AvgIpc) is 3.27. The Balaban J connectivity index is 1.66. The Morgan fingerprint density at radius 3 is 2.66 bits per heavy atom. The van der Waals surface area contributed by atoms with E-state index in [2.05, 4.69) is 25.8 Å². The van der Waals surface area contributed by atoms with Gasteiger partial charge in [-0.3, -0.25) is 14.3 Å². The van der Waals surface area contributed by atoms with Crippen LogP contribution < -0.4 is 10.6 Å². The third kappa shape index (κ3) is 4.85. The molecule has 0 aliphatic carbocycles. The lowest BCUT2D eigenvalue weighted by atomic mass is 10.1. The van der Waals surface area contributed by atoms with Gasteiger partial charge in [0, 0.05) is 37.6 Å². The van der Waals surface area contributed by atoms with E-state index in [1.165, 1.54) is 4.68 Å². The Labute approximate surface area is 168 Å². The number of pyridine rings is 1. The highest BCUT2D eigenvalue weighted by atomic mass is 16.2. The number of nitrogens with one attached hydrogen (secondary N) is 2. The Hall–Kier alpha value is -3.53. The van der Waals surface area contributed by atoms with Crippen molar-refractivity contribution < 1.29 is 9.59 Å². The molecule has 3 rings (SSSR count). The molecule has 0 aliphatic heterocycles. The predicted molar refractivity (Wildman–Crippen MR) is 107 cm³/mol. The van der Waals surface area contributed by atoms with Crippen LogP contribution >= 0.6 is 0 Å².